The zero-order valence-electron chi connectivity index (χ0n) is 13.4. The van der Waals surface area contributed by atoms with Crippen LogP contribution in [-0.4, -0.2) is 43.3 Å². The molecule has 1 aliphatic heterocycles. The molecule has 0 spiro atoms. The molecule has 0 radical (unpaired) electrons. The largest absolute Gasteiger partial charge is 0.381 e. The highest BCUT2D eigenvalue weighted by Gasteiger charge is 2.36. The second kappa shape index (κ2) is 8.35. The molecule has 0 unspecified atom stereocenters. The average molecular weight is 282 g/mol. The molecule has 0 aromatic heterocycles. The van der Waals surface area contributed by atoms with Gasteiger partial charge in [0.1, 0.15) is 0 Å². The van der Waals surface area contributed by atoms with E-state index in [0.717, 1.165) is 25.7 Å². The molecule has 118 valence electrons. The van der Waals surface area contributed by atoms with E-state index in [1.54, 1.807) is 0 Å². The summed E-state index contributed by atoms with van der Waals surface area (Å²) >= 11 is 0. The summed E-state index contributed by atoms with van der Waals surface area (Å²) in [5.41, 5.74) is 6.57. The van der Waals surface area contributed by atoms with Crippen LogP contribution in [0, 0.1) is 5.92 Å². The van der Waals surface area contributed by atoms with Crippen molar-refractivity contribution in [1.29, 1.82) is 0 Å². The lowest BCUT2D eigenvalue weighted by molar-refractivity contribution is 0.0171. The van der Waals surface area contributed by atoms with E-state index in [-0.39, 0.29) is 0 Å². The van der Waals surface area contributed by atoms with Gasteiger partial charge in [-0.25, -0.2) is 0 Å². The Morgan fingerprint density at radius 2 is 1.75 bits per heavy atom. The number of ether oxygens (including phenoxy) is 1. The van der Waals surface area contributed by atoms with Crippen LogP contribution < -0.4 is 5.73 Å². The van der Waals surface area contributed by atoms with Gasteiger partial charge in [0, 0.05) is 31.8 Å². The van der Waals surface area contributed by atoms with Gasteiger partial charge in [-0.15, -0.1) is 0 Å². The van der Waals surface area contributed by atoms with Gasteiger partial charge in [0.15, 0.2) is 0 Å². The fraction of sp³-hybridized carbons (Fsp3) is 1.00. The van der Waals surface area contributed by atoms with Crippen molar-refractivity contribution >= 4 is 0 Å². The van der Waals surface area contributed by atoms with Gasteiger partial charge < -0.3 is 10.5 Å². The second-order valence-corrected chi connectivity index (χ2v) is 6.84. The third kappa shape index (κ3) is 4.19. The van der Waals surface area contributed by atoms with Crippen LogP contribution in [0.4, 0.5) is 0 Å². The minimum Gasteiger partial charge on any atom is -0.381 e. The minimum atomic E-state index is 0.296. The molecule has 1 heterocycles. The van der Waals surface area contributed by atoms with Crippen molar-refractivity contribution in [2.75, 3.05) is 32.8 Å². The van der Waals surface area contributed by atoms with Crippen molar-refractivity contribution < 1.29 is 4.74 Å². The van der Waals surface area contributed by atoms with Crippen LogP contribution in [0.2, 0.25) is 0 Å². The Labute approximate surface area is 125 Å². The molecule has 3 nitrogen and oxygen atoms in total. The lowest BCUT2D eigenvalue weighted by Crippen LogP contribution is -2.55. The van der Waals surface area contributed by atoms with E-state index >= 15 is 0 Å². The van der Waals surface area contributed by atoms with Crippen LogP contribution in [0.25, 0.3) is 0 Å². The molecule has 0 bridgehead atoms. The maximum absolute atomic E-state index is 6.28. The topological polar surface area (TPSA) is 38.5 Å². The first-order valence-corrected chi connectivity index (χ1v) is 8.83. The molecule has 0 aromatic rings. The first-order valence-electron chi connectivity index (χ1n) is 8.83. The van der Waals surface area contributed by atoms with Gasteiger partial charge >= 0.3 is 0 Å². The molecule has 2 aliphatic rings. The van der Waals surface area contributed by atoms with Crippen LogP contribution in [0.3, 0.4) is 0 Å². The summed E-state index contributed by atoms with van der Waals surface area (Å²) in [6.45, 7) is 7.53. The van der Waals surface area contributed by atoms with Crippen LogP contribution in [-0.2, 0) is 4.74 Å². The average Bonchev–Trinajstić information content (AvgIpc) is 2.74. The van der Waals surface area contributed by atoms with Gasteiger partial charge in [-0.2, -0.15) is 0 Å². The smallest absolute Gasteiger partial charge is 0.0469 e. The van der Waals surface area contributed by atoms with Crippen LogP contribution in [0.5, 0.6) is 0 Å². The molecule has 20 heavy (non-hydrogen) atoms. The van der Waals surface area contributed by atoms with Gasteiger partial charge in [0.25, 0.3) is 0 Å². The van der Waals surface area contributed by atoms with E-state index in [0.29, 0.717) is 5.54 Å². The zero-order chi connectivity index (χ0) is 14.3. The third-order valence-electron chi connectivity index (χ3n) is 5.40. The number of hydrogen-bond donors (Lipinski definition) is 1. The van der Waals surface area contributed by atoms with Crippen LogP contribution >= 0.6 is 0 Å². The Kier molecular flexibility index (Phi) is 6.79. The van der Waals surface area contributed by atoms with E-state index in [4.69, 9.17) is 10.5 Å². The zero-order valence-corrected chi connectivity index (χ0v) is 13.4. The van der Waals surface area contributed by atoms with Crippen molar-refractivity contribution in [3.63, 3.8) is 0 Å². The molecule has 3 heteroatoms. The Bertz CT molecular complexity index is 256. The lowest BCUT2D eigenvalue weighted by Gasteiger charge is -2.45. The van der Waals surface area contributed by atoms with E-state index in [1.807, 2.05) is 0 Å². The highest BCUT2D eigenvalue weighted by Crippen LogP contribution is 2.33. The summed E-state index contributed by atoms with van der Waals surface area (Å²) < 4.78 is 5.51. The monoisotopic (exact) mass is 282 g/mol. The van der Waals surface area contributed by atoms with Gasteiger partial charge in [0.05, 0.1) is 0 Å². The predicted octanol–water partition coefficient (Wildman–Crippen LogP) is 3.18. The fourth-order valence-corrected chi connectivity index (χ4v) is 4.07. The first kappa shape index (κ1) is 16.3. The Balaban J connectivity index is 2.02. The molecule has 2 N–H and O–H groups in total. The summed E-state index contributed by atoms with van der Waals surface area (Å²) in [5.74, 6) is 0.821. The molecule has 0 amide bonds. The van der Waals surface area contributed by atoms with Crippen LogP contribution in [0.1, 0.15) is 64.7 Å². The van der Waals surface area contributed by atoms with Crippen molar-refractivity contribution in [2.45, 2.75) is 70.3 Å². The number of rotatable bonds is 6. The molecular weight excluding hydrogens is 248 g/mol. The molecule has 0 aromatic carbocycles. The molecular formula is C17H34N2O. The summed E-state index contributed by atoms with van der Waals surface area (Å²) in [4.78, 5) is 2.77. The Hall–Kier alpha value is -0.120. The SMILES string of the molecule is CCCN(CC1CCOCC1)C1(CN)CCCCCC1. The summed E-state index contributed by atoms with van der Waals surface area (Å²) in [5, 5.41) is 0. The number of nitrogens with zero attached hydrogens (tertiary/aromatic N) is 1. The lowest BCUT2D eigenvalue weighted by atomic mass is 9.86. The maximum atomic E-state index is 6.28. The maximum Gasteiger partial charge on any atom is 0.0469 e. The Morgan fingerprint density at radius 3 is 2.30 bits per heavy atom. The molecule has 2 fully saturated rings. The molecule has 1 aliphatic carbocycles. The highest BCUT2D eigenvalue weighted by molar-refractivity contribution is 4.94. The van der Waals surface area contributed by atoms with Gasteiger partial charge in [-0.3, -0.25) is 4.90 Å². The number of hydrogen-bond acceptors (Lipinski definition) is 3. The van der Waals surface area contributed by atoms with E-state index in [1.165, 1.54) is 70.9 Å². The molecule has 0 atom stereocenters. The molecule has 1 saturated carbocycles. The van der Waals surface area contributed by atoms with Crippen molar-refractivity contribution in [2.24, 2.45) is 11.7 Å². The minimum absolute atomic E-state index is 0.296. The third-order valence-corrected chi connectivity index (χ3v) is 5.40. The van der Waals surface area contributed by atoms with E-state index in [9.17, 15) is 0 Å². The van der Waals surface area contributed by atoms with E-state index in [2.05, 4.69) is 11.8 Å². The summed E-state index contributed by atoms with van der Waals surface area (Å²) in [7, 11) is 0. The second-order valence-electron chi connectivity index (χ2n) is 6.84. The normalized spacial score (nSPS) is 24.8. The quantitative estimate of drug-likeness (QED) is 0.760. The summed E-state index contributed by atoms with van der Waals surface area (Å²) in [6.07, 6.45) is 11.9. The number of nitrogens with two attached hydrogens (primary N) is 1. The van der Waals surface area contributed by atoms with Crippen LogP contribution in [0.15, 0.2) is 0 Å². The Morgan fingerprint density at radius 1 is 1.10 bits per heavy atom. The summed E-state index contributed by atoms with van der Waals surface area (Å²) in [6, 6.07) is 0. The molecule has 2 rings (SSSR count). The standard InChI is InChI=1S/C17H34N2O/c1-2-11-19(14-16-7-12-20-13-8-16)17(15-18)9-5-3-4-6-10-17/h16H,2-15,18H2,1H3. The van der Waals surface area contributed by atoms with E-state index < -0.39 is 0 Å². The van der Waals surface area contributed by atoms with Gasteiger partial charge in [-0.05, 0) is 44.6 Å². The van der Waals surface area contributed by atoms with Crippen molar-refractivity contribution in [3.8, 4) is 0 Å². The van der Waals surface area contributed by atoms with Crippen molar-refractivity contribution in [3.05, 3.63) is 0 Å². The first-order chi connectivity index (χ1) is 9.80. The van der Waals surface area contributed by atoms with Gasteiger partial charge in [-0.1, -0.05) is 32.6 Å². The predicted molar refractivity (Wildman–Crippen MR) is 84.9 cm³/mol. The molecule has 1 saturated heterocycles. The highest BCUT2D eigenvalue weighted by atomic mass is 16.5. The fourth-order valence-electron chi connectivity index (χ4n) is 4.07. The van der Waals surface area contributed by atoms with Crippen molar-refractivity contribution in [1.82, 2.24) is 4.90 Å². The van der Waals surface area contributed by atoms with Gasteiger partial charge in [0.2, 0.25) is 0 Å².